The van der Waals surface area contributed by atoms with Gasteiger partial charge in [-0.25, -0.2) is 0 Å². The highest BCUT2D eigenvalue weighted by Gasteiger charge is 2.02. The number of hydrogen-bond donors (Lipinski definition) is 1. The quantitative estimate of drug-likeness (QED) is 0.757. The molecule has 1 aromatic carbocycles. The maximum atomic E-state index is 11.2. The summed E-state index contributed by atoms with van der Waals surface area (Å²) >= 11 is 0. The molecular formula is C12H12N2O. The smallest absolute Gasteiger partial charge is 0.161 e. The molecule has 0 fully saturated rings. The van der Waals surface area contributed by atoms with Crippen molar-refractivity contribution in [1.82, 2.24) is 4.98 Å². The van der Waals surface area contributed by atoms with E-state index in [-0.39, 0.29) is 5.78 Å². The number of aromatic nitrogens is 1. The van der Waals surface area contributed by atoms with E-state index in [9.17, 15) is 4.79 Å². The van der Waals surface area contributed by atoms with E-state index < -0.39 is 0 Å². The SMILES string of the molecule is CNc1ccc2cc(C(C)=O)cnc2c1. The van der Waals surface area contributed by atoms with Crippen LogP contribution in [0.5, 0.6) is 0 Å². The summed E-state index contributed by atoms with van der Waals surface area (Å²) in [5.74, 6) is 0.0436. The zero-order valence-corrected chi connectivity index (χ0v) is 8.74. The van der Waals surface area contributed by atoms with Crippen molar-refractivity contribution in [3.05, 3.63) is 36.0 Å². The summed E-state index contributed by atoms with van der Waals surface area (Å²) < 4.78 is 0. The molecule has 1 N–H and O–H groups in total. The van der Waals surface area contributed by atoms with Crippen LogP contribution >= 0.6 is 0 Å². The van der Waals surface area contributed by atoms with Crippen LogP contribution in [0, 0.1) is 0 Å². The first-order chi connectivity index (χ1) is 7.20. The molecule has 0 saturated heterocycles. The van der Waals surface area contributed by atoms with Crippen LogP contribution in [0.3, 0.4) is 0 Å². The van der Waals surface area contributed by atoms with Crippen molar-refractivity contribution in [3.63, 3.8) is 0 Å². The number of anilines is 1. The number of pyridine rings is 1. The zero-order chi connectivity index (χ0) is 10.8. The third-order valence-corrected chi connectivity index (χ3v) is 2.38. The predicted molar refractivity (Wildman–Crippen MR) is 61.3 cm³/mol. The molecule has 2 aromatic rings. The molecule has 0 aliphatic rings. The van der Waals surface area contributed by atoms with E-state index in [1.165, 1.54) is 0 Å². The molecule has 0 bridgehead atoms. The number of hydrogen-bond acceptors (Lipinski definition) is 3. The standard InChI is InChI=1S/C12H12N2O/c1-8(15)10-5-9-3-4-11(13-2)6-12(9)14-7-10/h3-7,13H,1-2H3. The minimum absolute atomic E-state index is 0.0436. The third-order valence-electron chi connectivity index (χ3n) is 2.38. The number of ketones is 1. The fraction of sp³-hybridized carbons (Fsp3) is 0.167. The lowest BCUT2D eigenvalue weighted by molar-refractivity contribution is 0.101. The van der Waals surface area contributed by atoms with E-state index in [4.69, 9.17) is 0 Å². The summed E-state index contributed by atoms with van der Waals surface area (Å²) in [6, 6.07) is 7.75. The van der Waals surface area contributed by atoms with Gasteiger partial charge in [0.1, 0.15) is 0 Å². The summed E-state index contributed by atoms with van der Waals surface area (Å²) in [5, 5.41) is 4.04. The lowest BCUT2D eigenvalue weighted by atomic mass is 10.1. The van der Waals surface area contributed by atoms with Crippen LogP contribution < -0.4 is 5.32 Å². The van der Waals surface area contributed by atoms with E-state index in [0.29, 0.717) is 5.56 Å². The molecule has 2 rings (SSSR count). The van der Waals surface area contributed by atoms with Crippen molar-refractivity contribution >= 4 is 22.4 Å². The fourth-order valence-electron chi connectivity index (χ4n) is 1.47. The van der Waals surface area contributed by atoms with E-state index in [1.54, 1.807) is 13.1 Å². The molecule has 0 amide bonds. The van der Waals surface area contributed by atoms with Gasteiger partial charge in [0.25, 0.3) is 0 Å². The van der Waals surface area contributed by atoms with Crippen molar-refractivity contribution in [3.8, 4) is 0 Å². The number of Topliss-reactive ketones (excluding diaryl/α,β-unsaturated/α-hetero) is 1. The van der Waals surface area contributed by atoms with Crippen LogP contribution in [0.25, 0.3) is 10.9 Å². The van der Waals surface area contributed by atoms with Gasteiger partial charge in [0.2, 0.25) is 0 Å². The van der Waals surface area contributed by atoms with Crippen LogP contribution in [0.1, 0.15) is 17.3 Å². The number of fused-ring (bicyclic) bond motifs is 1. The van der Waals surface area contributed by atoms with Gasteiger partial charge in [-0.1, -0.05) is 6.07 Å². The molecule has 0 aliphatic carbocycles. The topological polar surface area (TPSA) is 42.0 Å². The van der Waals surface area contributed by atoms with Crippen LogP contribution in [-0.2, 0) is 0 Å². The second-order valence-corrected chi connectivity index (χ2v) is 3.44. The number of rotatable bonds is 2. The van der Waals surface area contributed by atoms with Crippen LogP contribution in [0.15, 0.2) is 30.5 Å². The number of nitrogens with one attached hydrogen (secondary N) is 1. The first-order valence-electron chi connectivity index (χ1n) is 4.79. The Hall–Kier alpha value is -1.90. The largest absolute Gasteiger partial charge is 0.388 e. The van der Waals surface area contributed by atoms with Crippen molar-refractivity contribution in [2.75, 3.05) is 12.4 Å². The Morgan fingerprint density at radius 2 is 2.13 bits per heavy atom. The molecule has 0 spiro atoms. The normalized spacial score (nSPS) is 10.3. The van der Waals surface area contributed by atoms with Crippen LogP contribution in [0.2, 0.25) is 0 Å². The van der Waals surface area contributed by atoms with Gasteiger partial charge >= 0.3 is 0 Å². The molecule has 76 valence electrons. The van der Waals surface area contributed by atoms with Gasteiger partial charge in [-0.3, -0.25) is 9.78 Å². The first kappa shape index (κ1) is 9.65. The molecule has 15 heavy (non-hydrogen) atoms. The lowest BCUT2D eigenvalue weighted by Crippen LogP contribution is -1.94. The second kappa shape index (κ2) is 3.69. The molecule has 1 aromatic heterocycles. The predicted octanol–water partition coefficient (Wildman–Crippen LogP) is 2.48. The second-order valence-electron chi connectivity index (χ2n) is 3.44. The van der Waals surface area contributed by atoms with Gasteiger partial charge in [0, 0.05) is 29.9 Å². The highest BCUT2D eigenvalue weighted by atomic mass is 16.1. The van der Waals surface area contributed by atoms with Gasteiger partial charge in [-0.05, 0) is 25.1 Å². The average Bonchev–Trinajstić information content (AvgIpc) is 2.27. The van der Waals surface area contributed by atoms with Crippen molar-refractivity contribution in [1.29, 1.82) is 0 Å². The molecule has 0 saturated carbocycles. The summed E-state index contributed by atoms with van der Waals surface area (Å²) in [4.78, 5) is 15.4. The third kappa shape index (κ3) is 1.81. The number of nitrogens with zero attached hydrogens (tertiary/aromatic N) is 1. The monoisotopic (exact) mass is 200 g/mol. The van der Waals surface area contributed by atoms with Gasteiger partial charge in [-0.2, -0.15) is 0 Å². The number of carbonyl (C=O) groups excluding carboxylic acids is 1. The Morgan fingerprint density at radius 1 is 1.33 bits per heavy atom. The Kier molecular flexibility index (Phi) is 2.37. The van der Waals surface area contributed by atoms with Crippen LogP contribution in [-0.4, -0.2) is 17.8 Å². The maximum Gasteiger partial charge on any atom is 0.161 e. The van der Waals surface area contributed by atoms with E-state index in [2.05, 4.69) is 10.3 Å². The highest BCUT2D eigenvalue weighted by Crippen LogP contribution is 2.18. The van der Waals surface area contributed by atoms with Gasteiger partial charge in [0.15, 0.2) is 5.78 Å². The maximum absolute atomic E-state index is 11.2. The Morgan fingerprint density at radius 3 is 2.80 bits per heavy atom. The highest BCUT2D eigenvalue weighted by molar-refractivity contribution is 5.97. The molecular weight excluding hydrogens is 188 g/mol. The summed E-state index contributed by atoms with van der Waals surface area (Å²) in [6.07, 6.45) is 1.62. The Balaban J connectivity index is 2.59. The molecule has 0 unspecified atom stereocenters. The number of benzene rings is 1. The molecule has 1 heterocycles. The van der Waals surface area contributed by atoms with E-state index in [0.717, 1.165) is 16.6 Å². The minimum Gasteiger partial charge on any atom is -0.388 e. The lowest BCUT2D eigenvalue weighted by Gasteiger charge is -2.03. The minimum atomic E-state index is 0.0436. The molecule has 0 radical (unpaired) electrons. The summed E-state index contributed by atoms with van der Waals surface area (Å²) in [7, 11) is 1.87. The summed E-state index contributed by atoms with van der Waals surface area (Å²) in [5.41, 5.74) is 2.57. The van der Waals surface area contributed by atoms with Crippen molar-refractivity contribution in [2.45, 2.75) is 6.92 Å². The van der Waals surface area contributed by atoms with Gasteiger partial charge in [0.05, 0.1) is 5.52 Å². The molecule has 0 aliphatic heterocycles. The number of carbonyl (C=O) groups is 1. The molecule has 3 heteroatoms. The van der Waals surface area contributed by atoms with Crippen LogP contribution in [0.4, 0.5) is 5.69 Å². The summed E-state index contributed by atoms with van der Waals surface area (Å²) in [6.45, 7) is 1.55. The fourth-order valence-corrected chi connectivity index (χ4v) is 1.47. The average molecular weight is 200 g/mol. The van der Waals surface area contributed by atoms with E-state index >= 15 is 0 Å². The molecule has 0 atom stereocenters. The van der Waals surface area contributed by atoms with Gasteiger partial charge < -0.3 is 5.32 Å². The Bertz CT molecular complexity index is 520. The van der Waals surface area contributed by atoms with Gasteiger partial charge in [-0.15, -0.1) is 0 Å². The van der Waals surface area contributed by atoms with Crippen molar-refractivity contribution in [2.24, 2.45) is 0 Å². The zero-order valence-electron chi connectivity index (χ0n) is 8.74. The Labute approximate surface area is 88.1 Å². The first-order valence-corrected chi connectivity index (χ1v) is 4.79. The molecule has 3 nitrogen and oxygen atoms in total. The van der Waals surface area contributed by atoms with E-state index in [1.807, 2.05) is 31.3 Å². The van der Waals surface area contributed by atoms with Crippen molar-refractivity contribution < 1.29 is 4.79 Å².